The standard InChI is InChI=1S/C8H9N5O2/c9-7-6(8(14)15)4-11-13(7)12-3-1-2-10-5-12/h1-4H,5,9H2,(H,14,15). The van der Waals surface area contributed by atoms with Crippen LogP contribution in [0.3, 0.4) is 0 Å². The summed E-state index contributed by atoms with van der Waals surface area (Å²) in [4.78, 5) is 16.0. The van der Waals surface area contributed by atoms with E-state index in [1.807, 2.05) is 0 Å². The molecule has 7 heteroatoms. The van der Waals surface area contributed by atoms with Crippen LogP contribution in [0.25, 0.3) is 0 Å². The summed E-state index contributed by atoms with van der Waals surface area (Å²) in [6, 6.07) is 0. The number of carboxylic acids is 1. The van der Waals surface area contributed by atoms with Gasteiger partial charge in [0.15, 0.2) is 5.82 Å². The Balaban J connectivity index is 2.33. The maximum Gasteiger partial charge on any atom is 0.341 e. The lowest BCUT2D eigenvalue weighted by Gasteiger charge is -2.20. The highest BCUT2D eigenvalue weighted by Gasteiger charge is 2.16. The van der Waals surface area contributed by atoms with Gasteiger partial charge in [0, 0.05) is 12.4 Å². The summed E-state index contributed by atoms with van der Waals surface area (Å²) in [6.45, 7) is 0.363. The van der Waals surface area contributed by atoms with Gasteiger partial charge in [0.2, 0.25) is 0 Å². The van der Waals surface area contributed by atoms with Crippen molar-refractivity contribution in [1.29, 1.82) is 0 Å². The number of nitrogens with zero attached hydrogens (tertiary/aromatic N) is 4. The van der Waals surface area contributed by atoms with Crippen LogP contribution in [0.4, 0.5) is 5.82 Å². The van der Waals surface area contributed by atoms with E-state index in [4.69, 9.17) is 10.8 Å². The van der Waals surface area contributed by atoms with Crippen molar-refractivity contribution in [2.75, 3.05) is 17.4 Å². The van der Waals surface area contributed by atoms with Gasteiger partial charge in [-0.05, 0) is 6.08 Å². The van der Waals surface area contributed by atoms with E-state index in [2.05, 4.69) is 10.1 Å². The summed E-state index contributed by atoms with van der Waals surface area (Å²) < 4.78 is 0. The van der Waals surface area contributed by atoms with Crippen molar-refractivity contribution >= 4 is 18.0 Å². The highest BCUT2D eigenvalue weighted by molar-refractivity contribution is 5.92. The van der Waals surface area contributed by atoms with Gasteiger partial charge >= 0.3 is 5.97 Å². The topological polar surface area (TPSA) is 96.7 Å². The smallest absolute Gasteiger partial charge is 0.341 e. The number of aromatic nitrogens is 2. The van der Waals surface area contributed by atoms with Crippen LogP contribution in [-0.2, 0) is 0 Å². The monoisotopic (exact) mass is 207 g/mol. The molecule has 15 heavy (non-hydrogen) atoms. The quantitative estimate of drug-likeness (QED) is 0.691. The first-order chi connectivity index (χ1) is 7.20. The molecule has 2 heterocycles. The second-order valence-electron chi connectivity index (χ2n) is 2.89. The maximum absolute atomic E-state index is 10.7. The average Bonchev–Trinajstić information content (AvgIpc) is 2.61. The molecule has 7 nitrogen and oxygen atoms in total. The highest BCUT2D eigenvalue weighted by atomic mass is 16.4. The van der Waals surface area contributed by atoms with Crippen LogP contribution in [0.5, 0.6) is 0 Å². The van der Waals surface area contributed by atoms with Gasteiger partial charge in [-0.25, -0.2) is 9.80 Å². The highest BCUT2D eigenvalue weighted by Crippen LogP contribution is 2.12. The number of hydrogen-bond donors (Lipinski definition) is 2. The predicted molar refractivity (Wildman–Crippen MR) is 54.3 cm³/mol. The predicted octanol–water partition coefficient (Wildman–Crippen LogP) is -0.343. The third kappa shape index (κ3) is 1.54. The maximum atomic E-state index is 10.7. The molecule has 1 aliphatic heterocycles. The Kier molecular flexibility index (Phi) is 2.13. The number of nitrogens with two attached hydrogens (primary N) is 1. The Morgan fingerprint density at radius 2 is 2.40 bits per heavy atom. The molecule has 0 bridgehead atoms. The molecule has 0 unspecified atom stereocenters. The number of carboxylic acid groups (broad SMARTS) is 1. The van der Waals surface area contributed by atoms with Crippen molar-refractivity contribution in [3.63, 3.8) is 0 Å². The van der Waals surface area contributed by atoms with Crippen molar-refractivity contribution in [3.8, 4) is 0 Å². The summed E-state index contributed by atoms with van der Waals surface area (Å²) in [6.07, 6.45) is 6.28. The first-order valence-electron chi connectivity index (χ1n) is 4.20. The summed E-state index contributed by atoms with van der Waals surface area (Å²) in [5.41, 5.74) is 5.61. The van der Waals surface area contributed by atoms with E-state index in [-0.39, 0.29) is 11.4 Å². The number of allylic oxidation sites excluding steroid dienone is 1. The van der Waals surface area contributed by atoms with Gasteiger partial charge in [-0.1, -0.05) is 0 Å². The second-order valence-corrected chi connectivity index (χ2v) is 2.89. The van der Waals surface area contributed by atoms with Gasteiger partial charge in [-0.3, -0.25) is 4.99 Å². The van der Waals surface area contributed by atoms with E-state index in [1.54, 1.807) is 23.5 Å². The SMILES string of the molecule is Nc1c(C(=O)O)cnn1N1C=CC=NC1. The lowest BCUT2D eigenvalue weighted by Crippen LogP contribution is -2.32. The number of nitrogen functional groups attached to an aromatic ring is 1. The molecule has 0 fully saturated rings. The fourth-order valence-electron chi connectivity index (χ4n) is 1.22. The Morgan fingerprint density at radius 1 is 1.60 bits per heavy atom. The molecule has 78 valence electrons. The summed E-state index contributed by atoms with van der Waals surface area (Å²) >= 11 is 0. The van der Waals surface area contributed by atoms with E-state index < -0.39 is 5.97 Å². The molecule has 3 N–H and O–H groups in total. The zero-order valence-corrected chi connectivity index (χ0v) is 7.74. The van der Waals surface area contributed by atoms with E-state index in [1.165, 1.54) is 11.0 Å². The van der Waals surface area contributed by atoms with Gasteiger partial charge in [0.05, 0.1) is 6.20 Å². The van der Waals surface area contributed by atoms with Crippen molar-refractivity contribution < 1.29 is 9.90 Å². The molecule has 1 aromatic rings. The van der Waals surface area contributed by atoms with Crippen LogP contribution in [0.1, 0.15) is 10.4 Å². The van der Waals surface area contributed by atoms with Crippen molar-refractivity contribution in [1.82, 2.24) is 9.89 Å². The summed E-state index contributed by atoms with van der Waals surface area (Å²) in [5.74, 6) is -1.01. The van der Waals surface area contributed by atoms with Crippen molar-refractivity contribution in [3.05, 3.63) is 24.0 Å². The Labute approximate surface area is 85.1 Å². The third-order valence-corrected chi connectivity index (χ3v) is 1.94. The summed E-state index contributed by atoms with van der Waals surface area (Å²) in [7, 11) is 0. The minimum absolute atomic E-state index is 0.0158. The van der Waals surface area contributed by atoms with Gasteiger partial charge in [0.1, 0.15) is 12.2 Å². The van der Waals surface area contributed by atoms with Gasteiger partial charge < -0.3 is 10.8 Å². The van der Waals surface area contributed by atoms with Gasteiger partial charge in [-0.15, -0.1) is 0 Å². The largest absolute Gasteiger partial charge is 0.477 e. The molecular weight excluding hydrogens is 198 g/mol. The first kappa shape index (κ1) is 9.25. The Bertz CT molecular complexity index is 448. The molecular formula is C8H9N5O2. The number of rotatable bonds is 2. The molecule has 0 amide bonds. The van der Waals surface area contributed by atoms with Crippen molar-refractivity contribution in [2.45, 2.75) is 0 Å². The molecule has 1 aromatic heterocycles. The number of hydrogen-bond acceptors (Lipinski definition) is 5. The Hall–Kier alpha value is -2.31. The molecule has 0 aliphatic carbocycles. The zero-order chi connectivity index (χ0) is 10.8. The normalized spacial score (nSPS) is 14.5. The number of anilines is 1. The van der Waals surface area contributed by atoms with Crippen LogP contribution in [0, 0.1) is 0 Å². The lowest BCUT2D eigenvalue weighted by molar-refractivity contribution is 0.0698. The van der Waals surface area contributed by atoms with Crippen LogP contribution in [0.15, 0.2) is 23.5 Å². The van der Waals surface area contributed by atoms with Gasteiger partial charge in [-0.2, -0.15) is 9.89 Å². The number of carbonyl (C=O) groups is 1. The third-order valence-electron chi connectivity index (χ3n) is 1.94. The van der Waals surface area contributed by atoms with E-state index >= 15 is 0 Å². The minimum atomic E-state index is -1.09. The molecule has 0 saturated carbocycles. The Morgan fingerprint density at radius 3 is 2.93 bits per heavy atom. The molecule has 2 rings (SSSR count). The fraction of sp³-hybridized carbons (Fsp3) is 0.125. The van der Waals surface area contributed by atoms with Crippen molar-refractivity contribution in [2.24, 2.45) is 4.99 Å². The van der Waals surface area contributed by atoms with E-state index in [0.29, 0.717) is 6.67 Å². The number of aromatic carboxylic acids is 1. The van der Waals surface area contributed by atoms with Crippen LogP contribution in [0.2, 0.25) is 0 Å². The summed E-state index contributed by atoms with van der Waals surface area (Å²) in [5, 5.41) is 14.2. The lowest BCUT2D eigenvalue weighted by atomic mass is 10.3. The molecule has 1 aliphatic rings. The average molecular weight is 207 g/mol. The van der Waals surface area contributed by atoms with E-state index in [0.717, 1.165) is 0 Å². The van der Waals surface area contributed by atoms with Crippen LogP contribution in [-0.4, -0.2) is 33.8 Å². The molecule has 0 saturated heterocycles. The van der Waals surface area contributed by atoms with E-state index in [9.17, 15) is 4.79 Å². The molecule has 0 spiro atoms. The van der Waals surface area contributed by atoms with Gasteiger partial charge in [0.25, 0.3) is 0 Å². The fourth-order valence-corrected chi connectivity index (χ4v) is 1.22. The number of aliphatic imine (C=N–C) groups is 1. The molecule has 0 aromatic carbocycles. The van der Waals surface area contributed by atoms with Crippen LogP contribution < -0.4 is 10.7 Å². The molecule has 0 radical (unpaired) electrons. The second kappa shape index (κ2) is 3.45. The van der Waals surface area contributed by atoms with Crippen LogP contribution >= 0.6 is 0 Å². The minimum Gasteiger partial charge on any atom is -0.477 e. The molecule has 0 atom stereocenters. The first-order valence-corrected chi connectivity index (χ1v) is 4.20. The zero-order valence-electron chi connectivity index (χ0n) is 7.74.